The van der Waals surface area contributed by atoms with E-state index in [1.807, 2.05) is 6.07 Å². The lowest BCUT2D eigenvalue weighted by molar-refractivity contribution is -0.135. The molecule has 3 rings (SSSR count). The standard InChI is InChI=1S/C23H27ClN4O6/c24-15-5-7-18-17(13-15)27-21(29)14-28(22(30)8-6-16(25)23(26)31)9-10-32-11-12-33-19-3-1-2-4-20(19)34-18/h1-5,7,13,16H,6,8-12,14,25H2,(H2,26,31)(H,27,29)/t16-/m0/s1. The number of para-hydroxylation sites is 2. The number of nitrogens with one attached hydrogen (secondary N) is 1. The average molecular weight is 491 g/mol. The Balaban J connectivity index is 1.81. The first-order chi connectivity index (χ1) is 16.3. The summed E-state index contributed by atoms with van der Waals surface area (Å²) < 4.78 is 17.4. The van der Waals surface area contributed by atoms with Gasteiger partial charge in [0.2, 0.25) is 17.7 Å². The minimum atomic E-state index is -0.942. The summed E-state index contributed by atoms with van der Waals surface area (Å²) in [6.45, 7) is 0.624. The Hall–Kier alpha value is -3.34. The van der Waals surface area contributed by atoms with E-state index in [1.54, 1.807) is 36.4 Å². The summed E-state index contributed by atoms with van der Waals surface area (Å²) in [5.41, 5.74) is 11.1. The van der Waals surface area contributed by atoms with Crippen molar-refractivity contribution in [2.24, 2.45) is 11.5 Å². The maximum atomic E-state index is 12.8. The van der Waals surface area contributed by atoms with Gasteiger partial charge in [-0.05, 0) is 36.8 Å². The van der Waals surface area contributed by atoms with E-state index in [0.29, 0.717) is 28.0 Å². The Bertz CT molecular complexity index is 1030. The largest absolute Gasteiger partial charge is 0.487 e. The second-order valence-electron chi connectivity index (χ2n) is 7.56. The highest BCUT2D eigenvalue weighted by Crippen LogP contribution is 2.36. The van der Waals surface area contributed by atoms with Gasteiger partial charge in [-0.2, -0.15) is 0 Å². The quantitative estimate of drug-likeness (QED) is 0.593. The molecule has 0 radical (unpaired) electrons. The van der Waals surface area contributed by atoms with Crippen LogP contribution in [0.3, 0.4) is 0 Å². The number of hydrogen-bond donors (Lipinski definition) is 3. The van der Waals surface area contributed by atoms with E-state index in [1.165, 1.54) is 4.90 Å². The van der Waals surface area contributed by atoms with Crippen molar-refractivity contribution >= 4 is 35.0 Å². The number of hydrogen-bond acceptors (Lipinski definition) is 7. The number of ether oxygens (including phenoxy) is 3. The van der Waals surface area contributed by atoms with Crippen LogP contribution >= 0.6 is 11.6 Å². The summed E-state index contributed by atoms with van der Waals surface area (Å²) in [4.78, 5) is 38.1. The Labute approximate surface area is 202 Å². The van der Waals surface area contributed by atoms with Crippen LogP contribution in [-0.4, -0.2) is 61.6 Å². The molecule has 0 saturated heterocycles. The maximum absolute atomic E-state index is 12.8. The van der Waals surface area contributed by atoms with Crippen molar-refractivity contribution in [3.8, 4) is 17.2 Å². The third-order valence-corrected chi connectivity index (χ3v) is 5.23. The number of halogens is 1. The fraction of sp³-hybridized carbons (Fsp3) is 0.348. The van der Waals surface area contributed by atoms with Crippen molar-refractivity contribution in [1.82, 2.24) is 4.90 Å². The van der Waals surface area contributed by atoms with Crippen molar-refractivity contribution in [1.29, 1.82) is 0 Å². The highest BCUT2D eigenvalue weighted by atomic mass is 35.5. The molecule has 34 heavy (non-hydrogen) atoms. The number of carbonyl (C=O) groups excluding carboxylic acids is 3. The molecule has 3 amide bonds. The van der Waals surface area contributed by atoms with Crippen LogP contribution in [0.2, 0.25) is 5.02 Å². The number of rotatable bonds is 4. The van der Waals surface area contributed by atoms with Crippen LogP contribution in [0.5, 0.6) is 17.2 Å². The Morgan fingerprint density at radius 1 is 1.09 bits per heavy atom. The minimum Gasteiger partial charge on any atom is -0.487 e. The Morgan fingerprint density at radius 3 is 2.62 bits per heavy atom. The molecular weight excluding hydrogens is 464 g/mol. The van der Waals surface area contributed by atoms with Gasteiger partial charge in [-0.25, -0.2) is 0 Å². The van der Waals surface area contributed by atoms with Gasteiger partial charge in [0.15, 0.2) is 17.2 Å². The summed E-state index contributed by atoms with van der Waals surface area (Å²) >= 11 is 6.13. The van der Waals surface area contributed by atoms with Gasteiger partial charge >= 0.3 is 0 Å². The molecule has 2 aromatic rings. The molecule has 182 valence electrons. The summed E-state index contributed by atoms with van der Waals surface area (Å²) in [6.07, 6.45) is 0.0346. The molecule has 0 unspecified atom stereocenters. The van der Waals surface area contributed by atoms with E-state index in [0.717, 1.165) is 0 Å². The summed E-state index contributed by atoms with van der Waals surface area (Å²) in [6, 6.07) is 11.0. The Morgan fingerprint density at radius 2 is 1.85 bits per heavy atom. The molecular formula is C23H27ClN4O6. The third-order valence-electron chi connectivity index (χ3n) is 5.00. The van der Waals surface area contributed by atoms with E-state index in [-0.39, 0.29) is 51.7 Å². The van der Waals surface area contributed by atoms with Crippen LogP contribution in [0.25, 0.3) is 0 Å². The van der Waals surface area contributed by atoms with E-state index >= 15 is 0 Å². The van der Waals surface area contributed by atoms with Crippen LogP contribution in [-0.2, 0) is 19.1 Å². The number of nitrogens with two attached hydrogens (primary N) is 2. The molecule has 5 N–H and O–H groups in total. The molecule has 1 aliphatic heterocycles. The normalized spacial score (nSPS) is 15.8. The Kier molecular flexibility index (Phi) is 9.08. The lowest BCUT2D eigenvalue weighted by atomic mass is 10.1. The zero-order valence-electron chi connectivity index (χ0n) is 18.5. The van der Waals surface area contributed by atoms with Gasteiger partial charge < -0.3 is 35.9 Å². The second-order valence-corrected chi connectivity index (χ2v) is 8.00. The highest BCUT2D eigenvalue weighted by Gasteiger charge is 2.21. The first kappa shape index (κ1) is 25.3. The monoisotopic (exact) mass is 490 g/mol. The second kappa shape index (κ2) is 12.2. The van der Waals surface area contributed by atoms with Crippen LogP contribution in [0.15, 0.2) is 42.5 Å². The molecule has 0 aliphatic carbocycles. The van der Waals surface area contributed by atoms with Gasteiger partial charge in [-0.3, -0.25) is 14.4 Å². The molecule has 1 aliphatic rings. The molecule has 11 heteroatoms. The molecule has 0 aromatic heterocycles. The number of benzene rings is 2. The van der Waals surface area contributed by atoms with E-state index in [9.17, 15) is 14.4 Å². The van der Waals surface area contributed by atoms with Gasteiger partial charge in [0.25, 0.3) is 0 Å². The molecule has 0 spiro atoms. The average Bonchev–Trinajstić information content (AvgIpc) is 2.81. The lowest BCUT2D eigenvalue weighted by Gasteiger charge is -2.23. The summed E-state index contributed by atoms with van der Waals surface area (Å²) in [5.74, 6) is -0.190. The van der Waals surface area contributed by atoms with E-state index in [4.69, 9.17) is 37.3 Å². The number of nitrogens with zero attached hydrogens (tertiary/aromatic N) is 1. The first-order valence-electron chi connectivity index (χ1n) is 10.7. The number of primary amides is 1. The summed E-state index contributed by atoms with van der Waals surface area (Å²) in [7, 11) is 0. The maximum Gasteiger partial charge on any atom is 0.244 e. The molecule has 0 fully saturated rings. The lowest BCUT2D eigenvalue weighted by Crippen LogP contribution is -2.42. The van der Waals surface area contributed by atoms with Gasteiger partial charge in [0, 0.05) is 18.0 Å². The molecule has 0 saturated carbocycles. The fourth-order valence-electron chi connectivity index (χ4n) is 3.18. The van der Waals surface area contributed by atoms with E-state index < -0.39 is 17.9 Å². The number of carbonyl (C=O) groups is 3. The van der Waals surface area contributed by atoms with Gasteiger partial charge in [-0.1, -0.05) is 23.7 Å². The molecule has 10 nitrogen and oxygen atoms in total. The van der Waals surface area contributed by atoms with Crippen LogP contribution in [0.4, 0.5) is 5.69 Å². The van der Waals surface area contributed by atoms with Crippen molar-refractivity contribution in [2.75, 3.05) is 38.2 Å². The SMILES string of the molecule is NC(=O)[C@@H](N)CCC(=O)N1CCOCCOc2ccccc2Oc2ccc(Cl)cc2NC(=O)C1. The highest BCUT2D eigenvalue weighted by molar-refractivity contribution is 6.31. The van der Waals surface area contributed by atoms with Crippen molar-refractivity contribution in [3.05, 3.63) is 47.5 Å². The third kappa shape index (κ3) is 7.34. The minimum absolute atomic E-state index is 0.0403. The number of anilines is 1. The molecule has 1 atom stereocenters. The molecule has 1 heterocycles. The van der Waals surface area contributed by atoms with Crippen LogP contribution in [0.1, 0.15) is 12.8 Å². The molecule has 0 bridgehead atoms. The van der Waals surface area contributed by atoms with Crippen LogP contribution < -0.4 is 26.3 Å². The van der Waals surface area contributed by atoms with Crippen molar-refractivity contribution < 1.29 is 28.6 Å². The predicted octanol–water partition coefficient (Wildman–Crippen LogP) is 1.90. The summed E-state index contributed by atoms with van der Waals surface area (Å²) in [5, 5.41) is 3.14. The fourth-order valence-corrected chi connectivity index (χ4v) is 3.35. The zero-order chi connectivity index (χ0) is 24.5. The van der Waals surface area contributed by atoms with E-state index in [2.05, 4.69) is 5.32 Å². The van der Waals surface area contributed by atoms with Gasteiger partial charge in [0.1, 0.15) is 6.61 Å². The predicted molar refractivity (Wildman–Crippen MR) is 126 cm³/mol. The van der Waals surface area contributed by atoms with Gasteiger partial charge in [0.05, 0.1) is 31.5 Å². The van der Waals surface area contributed by atoms with Crippen molar-refractivity contribution in [3.63, 3.8) is 0 Å². The first-order valence-corrected chi connectivity index (χ1v) is 11.1. The molecule has 2 aromatic carbocycles. The smallest absolute Gasteiger partial charge is 0.244 e. The van der Waals surface area contributed by atoms with Crippen LogP contribution in [0, 0.1) is 0 Å². The topological polar surface area (TPSA) is 146 Å². The number of amides is 3. The van der Waals surface area contributed by atoms with Crippen molar-refractivity contribution in [2.45, 2.75) is 18.9 Å². The van der Waals surface area contributed by atoms with Gasteiger partial charge in [-0.15, -0.1) is 0 Å². The number of fused-ring (bicyclic) bond motifs is 2. The zero-order valence-corrected chi connectivity index (χ0v) is 19.3.